The second-order valence-corrected chi connectivity index (χ2v) is 38.2. The highest BCUT2D eigenvalue weighted by atomic mass is 32.3. The largest absolute Gasteiger partial charge is 0.456 e. The van der Waals surface area contributed by atoms with Crippen molar-refractivity contribution in [3.8, 4) is 22.3 Å². The van der Waals surface area contributed by atoms with E-state index in [-0.39, 0.29) is 32.5 Å². The summed E-state index contributed by atoms with van der Waals surface area (Å²) in [5.74, 6) is 0. The number of benzene rings is 11. The fourth-order valence-electron chi connectivity index (χ4n) is 15.9. The molecule has 0 saturated heterocycles. The van der Waals surface area contributed by atoms with Crippen LogP contribution in [0.2, 0.25) is 0 Å². The minimum absolute atomic E-state index is 0.0495. The number of nitrogens with zero attached hydrogens (tertiary/aromatic N) is 2. The van der Waals surface area contributed by atoms with Gasteiger partial charge in [-0.05, 0) is 209 Å². The monoisotopic (exact) mass is 1300 g/mol. The van der Waals surface area contributed by atoms with Crippen LogP contribution in [-0.2, 0) is 37.9 Å². The number of para-hydroxylation sites is 1. The second-order valence-electron chi connectivity index (χ2n) is 34.7. The molecule has 11 aromatic carbocycles. The third-order valence-corrected chi connectivity index (χ3v) is 24.5. The fourth-order valence-corrected chi connectivity index (χ4v) is 18.7. The Morgan fingerprint density at radius 1 is 0.316 bits per heavy atom. The molecule has 1 aliphatic carbocycles. The van der Waals surface area contributed by atoms with E-state index in [9.17, 15) is 0 Å². The third-order valence-electron chi connectivity index (χ3n) is 21.6. The van der Waals surface area contributed by atoms with Gasteiger partial charge in [-0.25, -0.2) is 0 Å². The molecule has 0 N–H and O–H groups in total. The maximum Gasteiger partial charge on any atom is 0.145 e. The van der Waals surface area contributed by atoms with Gasteiger partial charge in [0.05, 0.1) is 22.2 Å². The van der Waals surface area contributed by atoms with Gasteiger partial charge in [-0.1, -0.05) is 246 Å². The van der Waals surface area contributed by atoms with Crippen LogP contribution in [-0.4, -0.2) is 12.5 Å². The van der Waals surface area contributed by atoms with Gasteiger partial charge in [-0.3, -0.25) is 0 Å². The Labute approximate surface area is 584 Å². The van der Waals surface area contributed by atoms with Gasteiger partial charge in [0.1, 0.15) is 22.3 Å². The first kappa shape index (κ1) is 64.9. The first-order chi connectivity index (χ1) is 46.1. The smallest absolute Gasteiger partial charge is 0.145 e. The molecule has 2 aromatic heterocycles. The van der Waals surface area contributed by atoms with Crippen LogP contribution in [0.3, 0.4) is 0 Å². The van der Waals surface area contributed by atoms with Gasteiger partial charge in [-0.2, -0.15) is 10.0 Å². The molecule has 4 nitrogen and oxygen atoms in total. The molecule has 0 saturated carbocycles. The van der Waals surface area contributed by atoms with E-state index in [1.165, 1.54) is 76.7 Å². The second kappa shape index (κ2) is 22.2. The molecule has 15 rings (SSSR count). The van der Waals surface area contributed by atoms with Crippen LogP contribution in [0.15, 0.2) is 237 Å². The number of fused-ring (bicyclic) bond motifs is 14. The molecular formula is C93H96N2O2S. The molecule has 1 unspecified atom stereocenters. The van der Waals surface area contributed by atoms with Crippen LogP contribution in [0.5, 0.6) is 0 Å². The molecule has 0 fully saturated rings. The molecule has 98 heavy (non-hydrogen) atoms. The summed E-state index contributed by atoms with van der Waals surface area (Å²) in [5, 5.41) is 4.34. The quantitative estimate of drug-likeness (QED) is 0.152. The van der Waals surface area contributed by atoms with Crippen LogP contribution >= 0.6 is 10.0 Å². The molecule has 13 aromatic rings. The fraction of sp³-hybridized carbons (Fsp3) is 0.290. The summed E-state index contributed by atoms with van der Waals surface area (Å²) < 4.78 is 14.9. The summed E-state index contributed by atoms with van der Waals surface area (Å²) in [7, 11) is -1.79. The molecule has 496 valence electrons. The molecule has 0 amide bonds. The Morgan fingerprint density at radius 3 is 1.18 bits per heavy atom. The molecule has 3 heterocycles. The van der Waals surface area contributed by atoms with Gasteiger partial charge >= 0.3 is 0 Å². The van der Waals surface area contributed by atoms with E-state index in [1.54, 1.807) is 0 Å². The van der Waals surface area contributed by atoms with Gasteiger partial charge in [0.15, 0.2) is 0 Å². The van der Waals surface area contributed by atoms with Crippen molar-refractivity contribution < 1.29 is 8.83 Å². The first-order valence-corrected chi connectivity index (χ1v) is 37.7. The van der Waals surface area contributed by atoms with Crippen molar-refractivity contribution in [2.75, 3.05) is 22.3 Å². The average molecular weight is 1310 g/mol. The topological polar surface area (TPSA) is 32.8 Å². The molecule has 1 atom stereocenters. The normalized spacial score (nSPS) is 15.8. The Balaban J connectivity index is 1.18. The van der Waals surface area contributed by atoms with E-state index >= 15 is 0 Å². The van der Waals surface area contributed by atoms with Crippen molar-refractivity contribution in [2.45, 2.75) is 172 Å². The highest BCUT2D eigenvalue weighted by Gasteiger charge is 2.53. The van der Waals surface area contributed by atoms with Crippen molar-refractivity contribution in [1.82, 2.24) is 0 Å². The van der Waals surface area contributed by atoms with Crippen LogP contribution in [0.25, 0.3) is 66.1 Å². The summed E-state index contributed by atoms with van der Waals surface area (Å²) in [6.07, 6.45) is 5.09. The number of hydrogen-bond acceptors (Lipinski definition) is 4. The van der Waals surface area contributed by atoms with Crippen molar-refractivity contribution in [2.24, 2.45) is 0 Å². The summed E-state index contributed by atoms with van der Waals surface area (Å²) in [6.45, 7) is 41.6. The number of hydrogen-bond donors (Lipinski definition) is 0. The Hall–Kier alpha value is -9.03. The van der Waals surface area contributed by atoms with E-state index in [0.717, 1.165) is 89.0 Å². The Morgan fingerprint density at radius 2 is 0.694 bits per heavy atom. The lowest BCUT2D eigenvalue weighted by Crippen LogP contribution is -2.29. The minimum atomic E-state index is -1.79. The Kier molecular flexibility index (Phi) is 14.7. The molecule has 5 heteroatoms. The predicted octanol–water partition coefficient (Wildman–Crippen LogP) is 27.0. The van der Waals surface area contributed by atoms with Crippen LogP contribution in [0, 0.1) is 0 Å². The summed E-state index contributed by atoms with van der Waals surface area (Å²) in [6, 6.07) is 84.8. The summed E-state index contributed by atoms with van der Waals surface area (Å²) >= 11 is 0. The zero-order chi connectivity index (χ0) is 69.3. The lowest BCUT2D eigenvalue weighted by Gasteiger charge is -2.38. The van der Waals surface area contributed by atoms with Crippen molar-refractivity contribution in [3.63, 3.8) is 0 Å². The SMILES string of the molecule is CC(C)(C)c1ccc(N(c2ccc(C(C)(C)C)cc2)c2cc3c(c4c2S(C)(C)c2ccccc2-4)-c2c(cc(N(c4ccc(C(C)(C)C)cc4)c4ccc(C(C)(C)C)cc4)c4c2oc2ccccc24)C3(c2ccc(C(C)(C)C)cc2)c2ccc3oc4ccc(C(C)(C)C)cc4c3c2)cc1. The van der Waals surface area contributed by atoms with Gasteiger partial charge < -0.3 is 18.6 Å². The molecule has 0 spiro atoms. The van der Waals surface area contributed by atoms with E-state index in [4.69, 9.17) is 8.83 Å². The van der Waals surface area contributed by atoms with Crippen molar-refractivity contribution in [3.05, 3.63) is 274 Å². The average Bonchev–Trinajstić information content (AvgIpc) is 1.49. The van der Waals surface area contributed by atoms with Crippen molar-refractivity contribution >= 4 is 88.0 Å². The van der Waals surface area contributed by atoms with Crippen molar-refractivity contribution in [1.29, 1.82) is 0 Å². The van der Waals surface area contributed by atoms with Crippen LogP contribution in [0.1, 0.15) is 180 Å². The van der Waals surface area contributed by atoms with Crippen LogP contribution < -0.4 is 9.80 Å². The lowest BCUT2D eigenvalue weighted by atomic mass is 9.66. The Bertz CT molecular complexity index is 5190. The van der Waals surface area contributed by atoms with E-state index < -0.39 is 15.4 Å². The maximum absolute atomic E-state index is 7.88. The van der Waals surface area contributed by atoms with E-state index in [0.29, 0.717) is 0 Å². The van der Waals surface area contributed by atoms with Gasteiger partial charge in [-0.15, -0.1) is 0 Å². The first-order valence-electron chi connectivity index (χ1n) is 35.3. The minimum Gasteiger partial charge on any atom is -0.456 e. The molecule has 1 aliphatic heterocycles. The van der Waals surface area contributed by atoms with E-state index in [2.05, 4.69) is 365 Å². The van der Waals surface area contributed by atoms with Crippen LogP contribution in [0.4, 0.5) is 34.1 Å². The van der Waals surface area contributed by atoms with Gasteiger partial charge in [0, 0.05) is 59.8 Å². The lowest BCUT2D eigenvalue weighted by molar-refractivity contribution is 0.589. The van der Waals surface area contributed by atoms with Gasteiger partial charge in [0.2, 0.25) is 0 Å². The number of rotatable bonds is 8. The highest BCUT2D eigenvalue weighted by molar-refractivity contribution is 8.33. The molecule has 0 bridgehead atoms. The highest BCUT2D eigenvalue weighted by Crippen LogP contribution is 2.75. The molecular weight excluding hydrogens is 1210 g/mol. The van der Waals surface area contributed by atoms with Gasteiger partial charge in [0.25, 0.3) is 0 Å². The predicted molar refractivity (Wildman–Crippen MR) is 421 cm³/mol. The standard InChI is InChI=1S/C93H96N2O2S/c1-87(2,3)57-29-31-62(32-30-57)93(64-42-52-79-72(54-64)71-53-63(92(16,17)18)41-51-78(71)96-79)73-56-76(95(67-47-37-60(38-48-67)90(10,11)12)68-49-39-61(40-50-68)91(13,14)15)86-82(70-26-22-24-28-80(70)98(86,19)20)83(73)84-74(93)55-75(81-69-25-21-23-27-77(69)97-85(81)84)94(65-43-33-58(34-44-65)88(4,5)6)66-45-35-59(36-46-66)89(7,8)9/h21-56H,1-20H3. The summed E-state index contributed by atoms with van der Waals surface area (Å²) in [4.78, 5) is 7.89. The zero-order valence-corrected chi connectivity index (χ0v) is 62.2. The zero-order valence-electron chi connectivity index (χ0n) is 61.4. The maximum atomic E-state index is 7.88. The number of anilines is 6. The third kappa shape index (κ3) is 10.4. The molecule has 0 radical (unpaired) electrons. The van der Waals surface area contributed by atoms with E-state index in [1.807, 2.05) is 0 Å². The summed E-state index contributed by atoms with van der Waals surface area (Å²) in [5.41, 5.74) is 25.9. The molecule has 2 aliphatic rings. The number of furan rings is 2.